The van der Waals surface area contributed by atoms with E-state index in [9.17, 15) is 14.4 Å². The fraction of sp³-hybridized carbons (Fsp3) is 0.511. The summed E-state index contributed by atoms with van der Waals surface area (Å²) in [6, 6.07) is 15.9. The van der Waals surface area contributed by atoms with Gasteiger partial charge in [-0.05, 0) is 98.2 Å². The molecule has 4 aliphatic rings. The van der Waals surface area contributed by atoms with Crippen LogP contribution in [0.1, 0.15) is 101 Å². The predicted octanol–water partition coefficient (Wildman–Crippen LogP) is 7.73. The summed E-state index contributed by atoms with van der Waals surface area (Å²) in [4.78, 5) is 68.3. The molecule has 0 unspecified atom stereocenters. The van der Waals surface area contributed by atoms with E-state index in [2.05, 4.69) is 57.0 Å². The molecule has 2 saturated carbocycles. The second kappa shape index (κ2) is 17.6. The topological polar surface area (TPSA) is 180 Å². The van der Waals surface area contributed by atoms with Gasteiger partial charge in [-0.15, -0.1) is 0 Å². The zero-order valence-electron chi connectivity index (χ0n) is 34.5. The Morgan fingerprint density at radius 1 is 0.733 bits per heavy atom. The number of rotatable bonds is 12. The molecule has 2 aliphatic carbocycles. The smallest absolute Gasteiger partial charge is 0.407 e. The fourth-order valence-corrected chi connectivity index (χ4v) is 10.0. The van der Waals surface area contributed by atoms with Crippen molar-refractivity contribution >= 4 is 40.0 Å². The van der Waals surface area contributed by atoms with Crippen molar-refractivity contribution < 1.29 is 28.7 Å². The average Bonchev–Trinajstić information content (AvgIpc) is 4.13. The number of carbonyl (C=O) groups excluding carboxylic acids is 3. The lowest BCUT2D eigenvalue weighted by Crippen LogP contribution is -2.51. The van der Waals surface area contributed by atoms with Crippen LogP contribution in [-0.4, -0.2) is 99.0 Å². The molecule has 2 aromatic carbocycles. The number of nitrogens with zero attached hydrogens (tertiary/aromatic N) is 5. The Morgan fingerprint density at radius 3 is 2.18 bits per heavy atom. The average molecular weight is 818 g/mol. The number of nitrogens with one attached hydrogen (secondary N) is 4. The highest BCUT2D eigenvalue weighted by Gasteiger charge is 2.40. The Bertz CT molecular complexity index is 2330. The highest BCUT2D eigenvalue weighted by molar-refractivity contribution is 5.91. The number of hydrogen-bond donors (Lipinski definition) is 4. The van der Waals surface area contributed by atoms with Gasteiger partial charge in [0.05, 0.1) is 62.1 Å². The zero-order valence-corrected chi connectivity index (χ0v) is 34.5. The number of alkyl carbamates (subject to hydrolysis) is 2. The number of likely N-dealkylation sites (tertiary alicyclic amines) is 1. The van der Waals surface area contributed by atoms with Gasteiger partial charge >= 0.3 is 12.2 Å². The number of imidazole rings is 2. The SMILES string of the molecule is COC(=O)N[C@H](C(=O)N1CCC[C@H]1c1nc2nc(-c3ccc4cc(-c5cnc([C@@H]6CCCN6OC[C@@H](NC(=O)OC)C6CCCC6)[nH]5)ccc4c3)ccc2[nH]1)C1CCCC1. The molecule has 9 rings (SSSR count). The lowest BCUT2D eigenvalue weighted by molar-refractivity contribution is -0.179. The standard InChI is InChI=1S/C45H55N9O6/c1-58-44(56)50-36(27-9-3-4-10-27)26-60-54-22-8-14-38(54)41-46-25-35(49-41)32-18-16-29-23-31(17-15-30(29)24-32)33-19-20-34-40(47-33)52-42(48-34)37-13-7-21-53(37)43(55)39(51-45(57)59-2)28-11-5-6-12-28/h15-20,23-25,27-28,36-39H,3-14,21-22,26H2,1-2H3,(H,46,49)(H,50,56)(H,51,57)(H,47,48,52)/t36-,37+,38+,39+/m1/s1. The number of ether oxygens (including phenoxy) is 2. The summed E-state index contributed by atoms with van der Waals surface area (Å²) in [6.45, 7) is 1.82. The summed E-state index contributed by atoms with van der Waals surface area (Å²) in [5.41, 5.74) is 5.19. The van der Waals surface area contributed by atoms with Crippen molar-refractivity contribution in [3.05, 3.63) is 66.4 Å². The van der Waals surface area contributed by atoms with Gasteiger partial charge < -0.3 is 35.0 Å². The van der Waals surface area contributed by atoms with E-state index in [1.54, 1.807) is 0 Å². The van der Waals surface area contributed by atoms with Crippen LogP contribution in [0.5, 0.6) is 0 Å². The molecule has 5 heterocycles. The lowest BCUT2D eigenvalue weighted by atomic mass is 9.96. The molecule has 5 aromatic rings. The number of carbonyl (C=O) groups is 3. The first-order valence-corrected chi connectivity index (χ1v) is 21.7. The summed E-state index contributed by atoms with van der Waals surface area (Å²) in [5.74, 6) is 2.00. The van der Waals surface area contributed by atoms with E-state index >= 15 is 0 Å². The minimum atomic E-state index is -0.608. The summed E-state index contributed by atoms with van der Waals surface area (Å²) in [5, 5.41) is 10.1. The molecular formula is C45H55N9O6. The Morgan fingerprint density at radius 2 is 1.42 bits per heavy atom. The zero-order chi connectivity index (χ0) is 41.2. The van der Waals surface area contributed by atoms with Crippen LogP contribution in [0.2, 0.25) is 0 Å². The third kappa shape index (κ3) is 8.29. The van der Waals surface area contributed by atoms with Crippen molar-refractivity contribution in [3.63, 3.8) is 0 Å². The number of benzene rings is 2. The van der Waals surface area contributed by atoms with Crippen LogP contribution in [0.25, 0.3) is 44.5 Å². The van der Waals surface area contributed by atoms with Gasteiger partial charge in [-0.1, -0.05) is 49.9 Å². The molecule has 4 atom stereocenters. The minimum Gasteiger partial charge on any atom is -0.453 e. The van der Waals surface area contributed by atoms with E-state index in [1.807, 2.05) is 28.3 Å². The van der Waals surface area contributed by atoms with Gasteiger partial charge in [-0.25, -0.2) is 24.5 Å². The number of amides is 3. The number of hydroxylamine groups is 2. The van der Waals surface area contributed by atoms with Crippen LogP contribution >= 0.6 is 0 Å². The number of pyridine rings is 1. The molecule has 0 bridgehead atoms. The van der Waals surface area contributed by atoms with Crippen molar-refractivity contribution in [3.8, 4) is 22.5 Å². The first-order chi connectivity index (χ1) is 29.3. The van der Waals surface area contributed by atoms with Crippen LogP contribution in [0.15, 0.2) is 54.7 Å². The molecule has 60 heavy (non-hydrogen) atoms. The number of aromatic nitrogens is 5. The van der Waals surface area contributed by atoms with Crippen molar-refractivity contribution in [1.29, 1.82) is 0 Å². The molecule has 2 aliphatic heterocycles. The molecular weight excluding hydrogens is 763 g/mol. The lowest BCUT2D eigenvalue weighted by Gasteiger charge is -2.31. The van der Waals surface area contributed by atoms with Crippen LogP contribution in [0.3, 0.4) is 0 Å². The first-order valence-electron chi connectivity index (χ1n) is 21.7. The van der Waals surface area contributed by atoms with E-state index in [-0.39, 0.29) is 30.0 Å². The summed E-state index contributed by atoms with van der Waals surface area (Å²) >= 11 is 0. The maximum absolute atomic E-state index is 14.0. The molecule has 2 saturated heterocycles. The number of methoxy groups -OCH3 is 2. The van der Waals surface area contributed by atoms with E-state index in [4.69, 9.17) is 29.3 Å². The molecule has 3 aromatic heterocycles. The molecule has 15 heteroatoms. The molecule has 4 fully saturated rings. The molecule has 316 valence electrons. The van der Waals surface area contributed by atoms with Crippen LogP contribution in [0, 0.1) is 11.8 Å². The number of aromatic amines is 2. The van der Waals surface area contributed by atoms with E-state index < -0.39 is 18.2 Å². The second-order valence-corrected chi connectivity index (χ2v) is 16.9. The molecule has 0 spiro atoms. The van der Waals surface area contributed by atoms with Crippen LogP contribution in [0.4, 0.5) is 9.59 Å². The fourth-order valence-electron chi connectivity index (χ4n) is 10.0. The number of fused-ring (bicyclic) bond motifs is 2. The van der Waals surface area contributed by atoms with Gasteiger partial charge in [-0.3, -0.25) is 9.63 Å². The normalized spacial score (nSPS) is 21.2. The quantitative estimate of drug-likeness (QED) is 0.0974. The number of hydrogen-bond acceptors (Lipinski definition) is 10. The van der Waals surface area contributed by atoms with Crippen molar-refractivity contribution in [2.75, 3.05) is 33.9 Å². The Kier molecular flexibility index (Phi) is 11.7. The van der Waals surface area contributed by atoms with Gasteiger partial charge in [0, 0.05) is 24.2 Å². The predicted molar refractivity (Wildman–Crippen MR) is 225 cm³/mol. The monoisotopic (exact) mass is 817 g/mol. The highest BCUT2D eigenvalue weighted by atomic mass is 16.7. The van der Waals surface area contributed by atoms with Gasteiger partial charge in [0.25, 0.3) is 0 Å². The maximum atomic E-state index is 14.0. The third-order valence-corrected chi connectivity index (χ3v) is 13.3. The summed E-state index contributed by atoms with van der Waals surface area (Å²) in [6.07, 6.45) is 12.9. The van der Waals surface area contributed by atoms with Crippen molar-refractivity contribution in [1.82, 2.24) is 45.5 Å². The molecule has 15 nitrogen and oxygen atoms in total. The Labute approximate surface area is 349 Å². The van der Waals surface area contributed by atoms with Crippen LogP contribution in [-0.2, 0) is 19.1 Å². The summed E-state index contributed by atoms with van der Waals surface area (Å²) in [7, 11) is 2.73. The van der Waals surface area contributed by atoms with Gasteiger partial charge in [0.1, 0.15) is 17.7 Å². The molecule has 4 N–H and O–H groups in total. The van der Waals surface area contributed by atoms with E-state index in [0.717, 1.165) is 115 Å². The second-order valence-electron chi connectivity index (χ2n) is 16.9. The maximum Gasteiger partial charge on any atom is 0.407 e. The summed E-state index contributed by atoms with van der Waals surface area (Å²) < 4.78 is 9.79. The Hall–Kier alpha value is -5.54. The largest absolute Gasteiger partial charge is 0.453 e. The molecule has 3 amide bonds. The van der Waals surface area contributed by atoms with Crippen LogP contribution < -0.4 is 10.6 Å². The number of H-pyrrole nitrogens is 2. The van der Waals surface area contributed by atoms with E-state index in [1.165, 1.54) is 27.1 Å². The Balaban J connectivity index is 0.877. The van der Waals surface area contributed by atoms with E-state index in [0.29, 0.717) is 30.5 Å². The highest BCUT2D eigenvalue weighted by Crippen LogP contribution is 2.37. The van der Waals surface area contributed by atoms with Crippen molar-refractivity contribution in [2.24, 2.45) is 11.8 Å². The van der Waals surface area contributed by atoms with Crippen molar-refractivity contribution in [2.45, 2.75) is 101 Å². The van der Waals surface area contributed by atoms with Gasteiger partial charge in [0.15, 0.2) is 5.65 Å². The minimum absolute atomic E-state index is 0.00317. The first kappa shape index (κ1) is 39.9. The molecule has 0 radical (unpaired) electrons. The van der Waals surface area contributed by atoms with Gasteiger partial charge in [0.2, 0.25) is 5.91 Å². The third-order valence-electron chi connectivity index (χ3n) is 13.3. The van der Waals surface area contributed by atoms with Gasteiger partial charge in [-0.2, -0.15) is 5.06 Å².